The van der Waals surface area contributed by atoms with E-state index < -0.39 is 6.10 Å². The largest absolute Gasteiger partial charge is 0.482 e. The number of para-hydroxylation sites is 2. The monoisotopic (exact) mass is 284 g/mol. The predicted molar refractivity (Wildman–Crippen MR) is 78.6 cm³/mol. The third kappa shape index (κ3) is 2.81. The summed E-state index contributed by atoms with van der Waals surface area (Å²) in [4.78, 5) is 16.5. The molecule has 1 amide bonds. The SMILES string of the molecule is Cc1ccc(NC(=O)C2Oc3ccccc3OC2C)nc1. The van der Waals surface area contributed by atoms with Crippen molar-refractivity contribution < 1.29 is 14.3 Å². The Morgan fingerprint density at radius 2 is 1.86 bits per heavy atom. The van der Waals surface area contributed by atoms with Crippen LogP contribution in [0.5, 0.6) is 11.5 Å². The number of carbonyl (C=O) groups excluding carboxylic acids is 1. The molecule has 1 aromatic carbocycles. The summed E-state index contributed by atoms with van der Waals surface area (Å²) in [6, 6.07) is 11.0. The number of fused-ring (bicyclic) bond motifs is 1. The summed E-state index contributed by atoms with van der Waals surface area (Å²) >= 11 is 0. The van der Waals surface area contributed by atoms with Crippen molar-refractivity contribution in [3.63, 3.8) is 0 Å². The predicted octanol–water partition coefficient (Wildman–Crippen LogP) is 2.56. The highest BCUT2D eigenvalue weighted by atomic mass is 16.6. The number of benzene rings is 1. The van der Waals surface area contributed by atoms with E-state index in [9.17, 15) is 4.79 Å². The summed E-state index contributed by atoms with van der Waals surface area (Å²) in [6.45, 7) is 3.75. The molecule has 1 N–H and O–H groups in total. The van der Waals surface area contributed by atoms with Gasteiger partial charge in [0.1, 0.15) is 11.9 Å². The van der Waals surface area contributed by atoms with E-state index in [-0.39, 0.29) is 12.0 Å². The average molecular weight is 284 g/mol. The number of hydrogen-bond acceptors (Lipinski definition) is 4. The molecule has 1 aliphatic heterocycles. The first-order chi connectivity index (χ1) is 10.1. The van der Waals surface area contributed by atoms with Gasteiger partial charge in [-0.25, -0.2) is 4.98 Å². The van der Waals surface area contributed by atoms with Gasteiger partial charge in [-0.3, -0.25) is 4.79 Å². The van der Waals surface area contributed by atoms with Gasteiger partial charge < -0.3 is 14.8 Å². The van der Waals surface area contributed by atoms with Crippen LogP contribution >= 0.6 is 0 Å². The Kier molecular flexibility index (Phi) is 3.48. The van der Waals surface area contributed by atoms with Crippen molar-refractivity contribution in [2.45, 2.75) is 26.1 Å². The van der Waals surface area contributed by atoms with Gasteiger partial charge in [-0.15, -0.1) is 0 Å². The number of ether oxygens (including phenoxy) is 2. The Bertz CT molecular complexity index is 655. The number of nitrogens with one attached hydrogen (secondary N) is 1. The molecule has 21 heavy (non-hydrogen) atoms. The van der Waals surface area contributed by atoms with Crippen LogP contribution in [0.15, 0.2) is 42.6 Å². The van der Waals surface area contributed by atoms with Gasteiger partial charge in [0.05, 0.1) is 0 Å². The van der Waals surface area contributed by atoms with Crippen molar-refractivity contribution in [3.8, 4) is 11.5 Å². The van der Waals surface area contributed by atoms with Crippen molar-refractivity contribution in [1.29, 1.82) is 0 Å². The van der Waals surface area contributed by atoms with E-state index in [0.29, 0.717) is 17.3 Å². The summed E-state index contributed by atoms with van der Waals surface area (Å²) in [6.07, 6.45) is 0.625. The number of anilines is 1. The molecular formula is C16H16N2O3. The molecule has 2 heterocycles. The molecule has 5 heteroatoms. The van der Waals surface area contributed by atoms with Gasteiger partial charge >= 0.3 is 0 Å². The van der Waals surface area contributed by atoms with Crippen LogP contribution in [0.3, 0.4) is 0 Å². The fourth-order valence-corrected chi connectivity index (χ4v) is 2.15. The number of carbonyl (C=O) groups is 1. The highest BCUT2D eigenvalue weighted by molar-refractivity contribution is 5.94. The van der Waals surface area contributed by atoms with Crippen molar-refractivity contribution in [2.24, 2.45) is 0 Å². The lowest BCUT2D eigenvalue weighted by molar-refractivity contribution is -0.128. The Balaban J connectivity index is 1.74. The normalized spacial score (nSPS) is 19.9. The molecule has 0 spiro atoms. The highest BCUT2D eigenvalue weighted by Crippen LogP contribution is 2.33. The van der Waals surface area contributed by atoms with Gasteiger partial charge in [0.2, 0.25) is 6.10 Å². The van der Waals surface area contributed by atoms with Crippen molar-refractivity contribution >= 4 is 11.7 Å². The number of amides is 1. The van der Waals surface area contributed by atoms with E-state index in [1.807, 2.05) is 38.1 Å². The highest BCUT2D eigenvalue weighted by Gasteiger charge is 2.34. The van der Waals surface area contributed by atoms with Crippen LogP contribution in [0.25, 0.3) is 0 Å². The van der Waals surface area contributed by atoms with Gasteiger partial charge in [0.25, 0.3) is 5.91 Å². The number of aryl methyl sites for hydroxylation is 1. The smallest absolute Gasteiger partial charge is 0.270 e. The molecule has 0 saturated carbocycles. The Labute approximate surface area is 122 Å². The average Bonchev–Trinajstić information content (AvgIpc) is 2.49. The van der Waals surface area contributed by atoms with Crippen LogP contribution < -0.4 is 14.8 Å². The number of hydrogen-bond donors (Lipinski definition) is 1. The second-order valence-electron chi connectivity index (χ2n) is 5.02. The lowest BCUT2D eigenvalue weighted by Crippen LogP contribution is -2.46. The molecule has 0 aliphatic carbocycles. The van der Waals surface area contributed by atoms with Crippen LogP contribution in [0, 0.1) is 6.92 Å². The van der Waals surface area contributed by atoms with E-state index in [2.05, 4.69) is 10.3 Å². The minimum absolute atomic E-state index is 0.270. The molecule has 0 fully saturated rings. The number of aromatic nitrogens is 1. The maximum absolute atomic E-state index is 12.3. The molecule has 2 aromatic rings. The van der Waals surface area contributed by atoms with Crippen molar-refractivity contribution in [1.82, 2.24) is 4.98 Å². The topological polar surface area (TPSA) is 60.5 Å². The molecule has 2 unspecified atom stereocenters. The first-order valence-electron chi connectivity index (χ1n) is 6.79. The molecule has 0 radical (unpaired) electrons. The number of rotatable bonds is 2. The van der Waals surface area contributed by atoms with Gasteiger partial charge in [0, 0.05) is 6.20 Å². The summed E-state index contributed by atoms with van der Waals surface area (Å²) in [7, 11) is 0. The van der Waals surface area contributed by atoms with Crippen LogP contribution in [0.2, 0.25) is 0 Å². The van der Waals surface area contributed by atoms with E-state index in [4.69, 9.17) is 9.47 Å². The molecule has 0 bridgehead atoms. The van der Waals surface area contributed by atoms with Gasteiger partial charge in [-0.05, 0) is 37.6 Å². The molecule has 5 nitrogen and oxygen atoms in total. The van der Waals surface area contributed by atoms with E-state index >= 15 is 0 Å². The first kappa shape index (κ1) is 13.4. The molecule has 0 saturated heterocycles. The van der Waals surface area contributed by atoms with E-state index in [1.165, 1.54) is 0 Å². The minimum Gasteiger partial charge on any atom is -0.482 e. The zero-order valence-corrected chi connectivity index (χ0v) is 11.9. The number of pyridine rings is 1. The second kappa shape index (κ2) is 5.44. The maximum Gasteiger partial charge on any atom is 0.270 e. The molecule has 1 aliphatic rings. The van der Waals surface area contributed by atoms with E-state index in [1.54, 1.807) is 18.3 Å². The van der Waals surface area contributed by atoms with Crippen molar-refractivity contribution in [2.75, 3.05) is 5.32 Å². The zero-order chi connectivity index (χ0) is 14.8. The van der Waals surface area contributed by atoms with Crippen LogP contribution in [-0.2, 0) is 4.79 Å². The quantitative estimate of drug-likeness (QED) is 0.920. The van der Waals surface area contributed by atoms with Crippen LogP contribution in [-0.4, -0.2) is 23.1 Å². The summed E-state index contributed by atoms with van der Waals surface area (Å²) in [5.74, 6) is 1.46. The lowest BCUT2D eigenvalue weighted by atomic mass is 10.1. The fraction of sp³-hybridized carbons (Fsp3) is 0.250. The fourth-order valence-electron chi connectivity index (χ4n) is 2.15. The molecule has 1 aromatic heterocycles. The number of nitrogens with zero attached hydrogens (tertiary/aromatic N) is 1. The lowest BCUT2D eigenvalue weighted by Gasteiger charge is -2.30. The molecular weight excluding hydrogens is 268 g/mol. The summed E-state index contributed by atoms with van der Waals surface area (Å²) in [5.41, 5.74) is 1.03. The van der Waals surface area contributed by atoms with Crippen LogP contribution in [0.1, 0.15) is 12.5 Å². The standard InChI is InChI=1S/C16H16N2O3/c1-10-7-8-14(17-9-10)18-16(19)15-11(2)20-12-5-3-4-6-13(12)21-15/h3-9,11,15H,1-2H3,(H,17,18,19). The van der Waals surface area contributed by atoms with Crippen LogP contribution in [0.4, 0.5) is 5.82 Å². The maximum atomic E-state index is 12.3. The Hall–Kier alpha value is -2.56. The van der Waals surface area contributed by atoms with Gasteiger partial charge in [0.15, 0.2) is 11.5 Å². The molecule has 108 valence electrons. The minimum atomic E-state index is -0.706. The second-order valence-corrected chi connectivity index (χ2v) is 5.02. The third-order valence-electron chi connectivity index (χ3n) is 3.26. The van der Waals surface area contributed by atoms with Gasteiger partial charge in [-0.1, -0.05) is 18.2 Å². The Morgan fingerprint density at radius 1 is 1.14 bits per heavy atom. The third-order valence-corrected chi connectivity index (χ3v) is 3.26. The molecule has 3 rings (SSSR count). The first-order valence-corrected chi connectivity index (χ1v) is 6.79. The summed E-state index contributed by atoms with van der Waals surface area (Å²) < 4.78 is 11.5. The zero-order valence-electron chi connectivity index (χ0n) is 11.9. The summed E-state index contributed by atoms with van der Waals surface area (Å²) in [5, 5.41) is 2.75. The van der Waals surface area contributed by atoms with E-state index in [0.717, 1.165) is 5.56 Å². The van der Waals surface area contributed by atoms with Gasteiger partial charge in [-0.2, -0.15) is 0 Å². The molecule has 2 atom stereocenters. The van der Waals surface area contributed by atoms with Crippen molar-refractivity contribution in [3.05, 3.63) is 48.2 Å². The Morgan fingerprint density at radius 3 is 2.52 bits per heavy atom.